The number of carbonyl (C=O) groups is 1. The number of aromatic nitrogens is 4. The zero-order valence-corrected chi connectivity index (χ0v) is 16.8. The summed E-state index contributed by atoms with van der Waals surface area (Å²) in [5.74, 6) is -0.139. The van der Waals surface area contributed by atoms with Crippen molar-refractivity contribution >= 4 is 11.6 Å². The number of anilines is 1. The van der Waals surface area contributed by atoms with E-state index in [1.807, 2.05) is 49.4 Å². The molecule has 0 aliphatic heterocycles. The number of nitrogens with one attached hydrogen (secondary N) is 1. The van der Waals surface area contributed by atoms with Crippen molar-refractivity contribution in [3.63, 3.8) is 0 Å². The second-order valence-corrected chi connectivity index (χ2v) is 7.06. The summed E-state index contributed by atoms with van der Waals surface area (Å²) in [5, 5.41) is 14.2. The number of hydrogen-bond donors (Lipinski definition) is 1. The van der Waals surface area contributed by atoms with Crippen LogP contribution in [-0.2, 0) is 6.54 Å². The van der Waals surface area contributed by atoms with Crippen LogP contribution in [-0.4, -0.2) is 43.6 Å². The molecule has 0 saturated heterocycles. The average Bonchev–Trinajstić information content (AvgIpc) is 3.22. The summed E-state index contributed by atoms with van der Waals surface area (Å²) in [6.45, 7) is 10.4. The van der Waals surface area contributed by atoms with Gasteiger partial charge in [0.05, 0.1) is 5.69 Å². The first-order valence-corrected chi connectivity index (χ1v) is 9.46. The highest BCUT2D eigenvalue weighted by Gasteiger charge is 2.11. The Morgan fingerprint density at radius 1 is 1.18 bits per heavy atom. The van der Waals surface area contributed by atoms with Gasteiger partial charge in [-0.05, 0) is 73.1 Å². The third-order valence-electron chi connectivity index (χ3n) is 4.82. The molecule has 1 amide bonds. The maximum absolute atomic E-state index is 12.7. The van der Waals surface area contributed by atoms with Crippen LogP contribution in [0.2, 0.25) is 0 Å². The van der Waals surface area contributed by atoms with Crippen molar-refractivity contribution < 1.29 is 4.79 Å². The monoisotopic (exact) mass is 378 g/mol. The van der Waals surface area contributed by atoms with E-state index in [4.69, 9.17) is 0 Å². The van der Waals surface area contributed by atoms with Gasteiger partial charge < -0.3 is 5.32 Å². The Hall–Kier alpha value is -3.06. The zero-order chi connectivity index (χ0) is 20.1. The van der Waals surface area contributed by atoms with Crippen LogP contribution in [0.4, 0.5) is 5.69 Å². The minimum atomic E-state index is -0.139. The van der Waals surface area contributed by atoms with Crippen molar-refractivity contribution in [3.8, 4) is 5.69 Å². The minimum Gasteiger partial charge on any atom is -0.322 e. The lowest BCUT2D eigenvalue weighted by Gasteiger charge is -2.24. The molecular weight excluding hydrogens is 352 g/mol. The summed E-state index contributed by atoms with van der Waals surface area (Å²) in [6.07, 6.45) is 1.52. The van der Waals surface area contributed by atoms with E-state index in [1.54, 1.807) is 4.68 Å². The van der Waals surface area contributed by atoms with Gasteiger partial charge in [-0.2, -0.15) is 0 Å². The first-order chi connectivity index (χ1) is 13.5. The Morgan fingerprint density at radius 3 is 2.54 bits per heavy atom. The fourth-order valence-electron chi connectivity index (χ4n) is 3.02. The van der Waals surface area contributed by atoms with E-state index in [-0.39, 0.29) is 5.91 Å². The lowest BCUT2D eigenvalue weighted by atomic mass is 10.1. The summed E-state index contributed by atoms with van der Waals surface area (Å²) in [7, 11) is 0. The number of hydrogen-bond acceptors (Lipinski definition) is 5. The highest BCUT2D eigenvalue weighted by atomic mass is 16.1. The van der Waals surface area contributed by atoms with Crippen LogP contribution in [0.3, 0.4) is 0 Å². The highest BCUT2D eigenvalue weighted by molar-refractivity contribution is 6.04. The lowest BCUT2D eigenvalue weighted by molar-refractivity contribution is 0.102. The van der Waals surface area contributed by atoms with E-state index < -0.39 is 0 Å². The summed E-state index contributed by atoms with van der Waals surface area (Å²) in [6, 6.07) is 14.0. The minimum absolute atomic E-state index is 0.139. The van der Waals surface area contributed by atoms with Crippen molar-refractivity contribution in [2.45, 2.75) is 40.3 Å². The Bertz CT molecular complexity index is 919. The fraction of sp³-hybridized carbons (Fsp3) is 0.333. The number of nitrogens with zero attached hydrogens (tertiary/aromatic N) is 5. The van der Waals surface area contributed by atoms with Gasteiger partial charge in [-0.15, -0.1) is 5.10 Å². The molecule has 0 fully saturated rings. The number of benzene rings is 2. The van der Waals surface area contributed by atoms with Crippen molar-refractivity contribution in [2.75, 3.05) is 11.9 Å². The molecule has 0 unspecified atom stereocenters. The third kappa shape index (κ3) is 4.61. The number of aryl methyl sites for hydroxylation is 1. The van der Waals surface area contributed by atoms with E-state index in [2.05, 4.69) is 46.5 Å². The summed E-state index contributed by atoms with van der Waals surface area (Å²) in [4.78, 5) is 15.1. The first kappa shape index (κ1) is 19.7. The van der Waals surface area contributed by atoms with Crippen molar-refractivity contribution in [2.24, 2.45) is 0 Å². The van der Waals surface area contributed by atoms with E-state index in [9.17, 15) is 4.79 Å². The van der Waals surface area contributed by atoms with Crippen LogP contribution in [0.25, 0.3) is 5.69 Å². The predicted molar refractivity (Wildman–Crippen MR) is 110 cm³/mol. The Morgan fingerprint density at radius 2 is 1.93 bits per heavy atom. The molecule has 2 aromatic carbocycles. The predicted octanol–water partition coefficient (Wildman–Crippen LogP) is 3.45. The summed E-state index contributed by atoms with van der Waals surface area (Å²) < 4.78 is 1.55. The molecule has 0 bridgehead atoms. The van der Waals surface area contributed by atoms with Gasteiger partial charge in [-0.3, -0.25) is 9.69 Å². The molecule has 0 saturated carbocycles. The van der Waals surface area contributed by atoms with Gasteiger partial charge in [0.1, 0.15) is 6.33 Å². The smallest absolute Gasteiger partial charge is 0.255 e. The molecule has 28 heavy (non-hydrogen) atoms. The second kappa shape index (κ2) is 8.75. The van der Waals surface area contributed by atoms with Crippen LogP contribution < -0.4 is 5.32 Å². The molecule has 0 atom stereocenters. The largest absolute Gasteiger partial charge is 0.322 e. The van der Waals surface area contributed by atoms with Crippen molar-refractivity contribution in [1.29, 1.82) is 0 Å². The molecule has 0 spiro atoms. The first-order valence-electron chi connectivity index (χ1n) is 9.46. The van der Waals surface area contributed by atoms with Gasteiger partial charge in [-0.25, -0.2) is 4.68 Å². The molecule has 1 N–H and O–H groups in total. The SMILES string of the molecule is CCN(Cc1ccc(C(=O)Nc2cc(-n3cnnn3)ccc2C)cc1)C(C)C. The van der Waals surface area contributed by atoms with Crippen molar-refractivity contribution in [3.05, 3.63) is 65.5 Å². The van der Waals surface area contributed by atoms with Gasteiger partial charge in [0.2, 0.25) is 0 Å². The quantitative estimate of drug-likeness (QED) is 0.681. The molecule has 3 aromatic rings. The van der Waals surface area contributed by atoms with E-state index >= 15 is 0 Å². The molecule has 3 rings (SSSR count). The number of rotatable bonds is 7. The molecular formula is C21H26N6O. The van der Waals surface area contributed by atoms with Gasteiger partial charge >= 0.3 is 0 Å². The van der Waals surface area contributed by atoms with Gasteiger partial charge in [0.25, 0.3) is 5.91 Å². The maximum atomic E-state index is 12.7. The molecule has 1 heterocycles. The molecule has 0 aliphatic rings. The van der Waals surface area contributed by atoms with Gasteiger partial charge in [0.15, 0.2) is 0 Å². The third-order valence-corrected chi connectivity index (χ3v) is 4.82. The highest BCUT2D eigenvalue weighted by Crippen LogP contribution is 2.20. The fourth-order valence-corrected chi connectivity index (χ4v) is 3.02. The number of carbonyl (C=O) groups excluding carboxylic acids is 1. The molecule has 7 nitrogen and oxygen atoms in total. The van der Waals surface area contributed by atoms with E-state index in [1.165, 1.54) is 11.9 Å². The van der Waals surface area contributed by atoms with Crippen LogP contribution in [0, 0.1) is 6.92 Å². The number of amides is 1. The van der Waals surface area contributed by atoms with Crippen LogP contribution >= 0.6 is 0 Å². The van der Waals surface area contributed by atoms with Crippen LogP contribution in [0.5, 0.6) is 0 Å². The van der Waals surface area contributed by atoms with Crippen LogP contribution in [0.1, 0.15) is 42.3 Å². The lowest BCUT2D eigenvalue weighted by Crippen LogP contribution is -2.29. The molecule has 7 heteroatoms. The maximum Gasteiger partial charge on any atom is 0.255 e. The topological polar surface area (TPSA) is 75.9 Å². The zero-order valence-electron chi connectivity index (χ0n) is 16.8. The average molecular weight is 378 g/mol. The Labute approximate surface area is 165 Å². The summed E-state index contributed by atoms with van der Waals surface area (Å²) >= 11 is 0. The molecule has 0 radical (unpaired) electrons. The Kier molecular flexibility index (Phi) is 6.16. The molecule has 1 aromatic heterocycles. The van der Waals surface area contributed by atoms with E-state index in [0.29, 0.717) is 11.6 Å². The summed E-state index contributed by atoms with van der Waals surface area (Å²) in [5.41, 5.74) is 4.32. The molecule has 146 valence electrons. The standard InChI is InChI=1S/C21H26N6O/c1-5-26(15(2)3)13-17-7-9-18(10-8-17)21(28)23-20-12-19(11-6-16(20)4)27-14-22-24-25-27/h6-12,14-15H,5,13H2,1-4H3,(H,23,28). The van der Waals surface area contributed by atoms with E-state index in [0.717, 1.165) is 30.0 Å². The number of tetrazole rings is 1. The van der Waals surface area contributed by atoms with Crippen molar-refractivity contribution in [1.82, 2.24) is 25.1 Å². The second-order valence-electron chi connectivity index (χ2n) is 7.06. The Balaban J connectivity index is 1.72. The molecule has 0 aliphatic carbocycles. The van der Waals surface area contributed by atoms with Crippen LogP contribution in [0.15, 0.2) is 48.8 Å². The van der Waals surface area contributed by atoms with Gasteiger partial charge in [-0.1, -0.05) is 25.1 Å². The van der Waals surface area contributed by atoms with Gasteiger partial charge in [0, 0.05) is 23.8 Å². The normalized spacial score (nSPS) is 11.2.